The van der Waals surface area contributed by atoms with E-state index >= 15 is 0 Å². The normalized spacial score (nSPS) is 22.2. The summed E-state index contributed by atoms with van der Waals surface area (Å²) >= 11 is 1.76. The molecule has 2 heterocycles. The standard InChI is InChI=1S/C18H29NO3S/c1-5-18(21-12-9-15-8-6-13-23-15)10-7-11-19(14-18)16(20)22-17(2,3)4/h6,8,13H,5,7,9-12,14H2,1-4H3. The number of piperidine rings is 1. The molecule has 1 atom stereocenters. The third-order valence-electron chi connectivity index (χ3n) is 4.17. The monoisotopic (exact) mass is 339 g/mol. The van der Waals surface area contributed by atoms with E-state index in [2.05, 4.69) is 24.4 Å². The number of likely N-dealkylation sites (tertiary alicyclic amines) is 1. The number of hydrogen-bond acceptors (Lipinski definition) is 4. The van der Waals surface area contributed by atoms with Gasteiger partial charge in [0.2, 0.25) is 0 Å². The average Bonchev–Trinajstić information content (AvgIpc) is 2.99. The zero-order valence-electron chi connectivity index (χ0n) is 14.8. The summed E-state index contributed by atoms with van der Waals surface area (Å²) in [6.45, 7) is 9.94. The van der Waals surface area contributed by atoms with Crippen molar-refractivity contribution in [2.45, 2.75) is 64.6 Å². The van der Waals surface area contributed by atoms with Gasteiger partial charge in [-0.2, -0.15) is 0 Å². The van der Waals surface area contributed by atoms with Crippen LogP contribution < -0.4 is 0 Å². The Morgan fingerprint density at radius 3 is 2.83 bits per heavy atom. The summed E-state index contributed by atoms with van der Waals surface area (Å²) in [5.41, 5.74) is -0.685. The quantitative estimate of drug-likeness (QED) is 0.793. The summed E-state index contributed by atoms with van der Waals surface area (Å²) in [5.74, 6) is 0. The minimum absolute atomic E-state index is 0.225. The molecule has 2 rings (SSSR count). The van der Waals surface area contributed by atoms with E-state index in [-0.39, 0.29) is 11.7 Å². The molecule has 0 aromatic carbocycles. The van der Waals surface area contributed by atoms with Crippen LogP contribution in [-0.4, -0.2) is 41.9 Å². The number of rotatable bonds is 5. The Morgan fingerprint density at radius 1 is 1.43 bits per heavy atom. The number of carbonyl (C=O) groups excluding carboxylic acids is 1. The van der Waals surface area contributed by atoms with Crippen LogP contribution in [0, 0.1) is 0 Å². The highest BCUT2D eigenvalue weighted by atomic mass is 32.1. The molecule has 130 valence electrons. The molecule has 1 aliphatic heterocycles. The van der Waals surface area contributed by atoms with Crippen molar-refractivity contribution in [3.05, 3.63) is 22.4 Å². The van der Waals surface area contributed by atoms with Crippen LogP contribution in [0.2, 0.25) is 0 Å². The summed E-state index contributed by atoms with van der Waals surface area (Å²) in [5, 5.41) is 2.09. The van der Waals surface area contributed by atoms with Gasteiger partial charge in [-0.25, -0.2) is 4.79 Å². The number of hydrogen-bond donors (Lipinski definition) is 0. The largest absolute Gasteiger partial charge is 0.444 e. The van der Waals surface area contributed by atoms with Crippen LogP contribution in [0.15, 0.2) is 17.5 Å². The smallest absolute Gasteiger partial charge is 0.410 e. The van der Waals surface area contributed by atoms with Crippen LogP contribution >= 0.6 is 11.3 Å². The fraction of sp³-hybridized carbons (Fsp3) is 0.722. The molecule has 1 saturated heterocycles. The van der Waals surface area contributed by atoms with Crippen molar-refractivity contribution in [3.8, 4) is 0 Å². The minimum atomic E-state index is -0.455. The van der Waals surface area contributed by atoms with Crippen molar-refractivity contribution in [1.29, 1.82) is 0 Å². The maximum atomic E-state index is 12.3. The van der Waals surface area contributed by atoms with Crippen molar-refractivity contribution in [2.75, 3.05) is 19.7 Å². The Morgan fingerprint density at radius 2 is 2.22 bits per heavy atom. The lowest BCUT2D eigenvalue weighted by Gasteiger charge is -2.42. The number of nitrogens with zero attached hydrogens (tertiary/aromatic N) is 1. The lowest BCUT2D eigenvalue weighted by molar-refractivity contribution is -0.0921. The Kier molecular flexibility index (Phi) is 6.09. The average molecular weight is 340 g/mol. The van der Waals surface area contributed by atoms with E-state index in [0.29, 0.717) is 13.2 Å². The van der Waals surface area contributed by atoms with Gasteiger partial charge in [0.05, 0.1) is 18.8 Å². The summed E-state index contributed by atoms with van der Waals surface area (Å²) < 4.78 is 11.8. The lowest BCUT2D eigenvalue weighted by atomic mass is 9.90. The Bertz CT molecular complexity index is 495. The SMILES string of the molecule is CCC1(OCCc2cccs2)CCCN(C(=O)OC(C)(C)C)C1. The highest BCUT2D eigenvalue weighted by Gasteiger charge is 2.38. The molecule has 4 nitrogen and oxygen atoms in total. The lowest BCUT2D eigenvalue weighted by Crippen LogP contribution is -2.52. The van der Waals surface area contributed by atoms with Crippen molar-refractivity contribution in [1.82, 2.24) is 4.90 Å². The zero-order chi connectivity index (χ0) is 16.9. The van der Waals surface area contributed by atoms with Gasteiger partial charge in [0, 0.05) is 17.8 Å². The molecule has 0 spiro atoms. The summed E-state index contributed by atoms with van der Waals surface area (Å²) in [6, 6.07) is 4.21. The highest BCUT2D eigenvalue weighted by molar-refractivity contribution is 7.09. The number of ether oxygens (including phenoxy) is 2. The van der Waals surface area contributed by atoms with Gasteiger partial charge in [0.25, 0.3) is 0 Å². The molecule has 0 bridgehead atoms. The molecule has 1 aliphatic rings. The molecular weight excluding hydrogens is 310 g/mol. The van der Waals surface area contributed by atoms with E-state index in [4.69, 9.17) is 9.47 Å². The second-order valence-corrected chi connectivity index (χ2v) is 8.25. The fourth-order valence-electron chi connectivity index (χ4n) is 2.91. The second-order valence-electron chi connectivity index (χ2n) is 7.22. The topological polar surface area (TPSA) is 38.8 Å². The second kappa shape index (κ2) is 7.67. The molecule has 0 aliphatic carbocycles. The third kappa shape index (κ3) is 5.50. The van der Waals surface area contributed by atoms with Crippen molar-refractivity contribution in [2.24, 2.45) is 0 Å². The Labute approximate surface area is 143 Å². The zero-order valence-corrected chi connectivity index (χ0v) is 15.6. The van der Waals surface area contributed by atoms with Crippen LogP contribution in [-0.2, 0) is 15.9 Å². The molecule has 0 saturated carbocycles. The molecule has 5 heteroatoms. The van der Waals surface area contributed by atoms with Gasteiger partial charge < -0.3 is 14.4 Å². The predicted molar refractivity (Wildman–Crippen MR) is 94.0 cm³/mol. The van der Waals surface area contributed by atoms with Gasteiger partial charge in [-0.15, -0.1) is 11.3 Å². The molecule has 1 amide bonds. The highest BCUT2D eigenvalue weighted by Crippen LogP contribution is 2.29. The summed E-state index contributed by atoms with van der Waals surface area (Å²) in [7, 11) is 0. The first-order valence-corrected chi connectivity index (χ1v) is 9.36. The Hall–Kier alpha value is -1.07. The maximum absolute atomic E-state index is 12.3. The third-order valence-corrected chi connectivity index (χ3v) is 5.11. The van der Waals surface area contributed by atoms with E-state index in [1.807, 2.05) is 25.7 Å². The Balaban J connectivity index is 1.90. The van der Waals surface area contributed by atoms with E-state index in [9.17, 15) is 4.79 Å². The molecule has 1 fully saturated rings. The molecule has 23 heavy (non-hydrogen) atoms. The van der Waals surface area contributed by atoms with Crippen molar-refractivity contribution in [3.63, 3.8) is 0 Å². The van der Waals surface area contributed by atoms with Gasteiger partial charge in [-0.3, -0.25) is 0 Å². The van der Waals surface area contributed by atoms with Gasteiger partial charge in [0.15, 0.2) is 0 Å². The van der Waals surface area contributed by atoms with Crippen LogP contribution in [0.5, 0.6) is 0 Å². The summed E-state index contributed by atoms with van der Waals surface area (Å²) in [4.78, 5) is 15.5. The molecule has 0 N–H and O–H groups in total. The van der Waals surface area contributed by atoms with Gasteiger partial charge >= 0.3 is 6.09 Å². The van der Waals surface area contributed by atoms with Crippen LogP contribution in [0.25, 0.3) is 0 Å². The van der Waals surface area contributed by atoms with Gasteiger partial charge in [0.1, 0.15) is 5.60 Å². The predicted octanol–water partition coefficient (Wildman–Crippen LogP) is 4.49. The summed E-state index contributed by atoms with van der Waals surface area (Å²) in [6.07, 6.45) is 3.60. The molecule has 0 radical (unpaired) electrons. The maximum Gasteiger partial charge on any atom is 0.410 e. The van der Waals surface area contributed by atoms with Crippen molar-refractivity contribution >= 4 is 17.4 Å². The van der Waals surface area contributed by atoms with E-state index in [1.165, 1.54) is 4.88 Å². The first-order chi connectivity index (χ1) is 10.8. The number of thiophene rings is 1. The van der Waals surface area contributed by atoms with E-state index in [0.717, 1.165) is 32.2 Å². The van der Waals surface area contributed by atoms with Crippen LogP contribution in [0.4, 0.5) is 4.79 Å². The fourth-order valence-corrected chi connectivity index (χ4v) is 3.60. The number of carbonyl (C=O) groups is 1. The minimum Gasteiger partial charge on any atom is -0.444 e. The molecular formula is C18H29NO3S. The van der Waals surface area contributed by atoms with Gasteiger partial charge in [-0.1, -0.05) is 13.0 Å². The van der Waals surface area contributed by atoms with E-state index < -0.39 is 5.60 Å². The van der Waals surface area contributed by atoms with Gasteiger partial charge in [-0.05, 0) is 51.5 Å². The van der Waals surface area contributed by atoms with Crippen molar-refractivity contribution < 1.29 is 14.3 Å². The first kappa shape index (κ1) is 18.3. The molecule has 1 unspecified atom stereocenters. The molecule has 1 aromatic heterocycles. The first-order valence-electron chi connectivity index (χ1n) is 8.48. The van der Waals surface area contributed by atoms with Crippen LogP contribution in [0.3, 0.4) is 0 Å². The molecule has 1 aromatic rings. The number of amides is 1. The van der Waals surface area contributed by atoms with Crippen LogP contribution in [0.1, 0.15) is 51.8 Å². The van der Waals surface area contributed by atoms with E-state index in [1.54, 1.807) is 11.3 Å².